The molecule has 0 radical (unpaired) electrons. The number of ether oxygens (including phenoxy) is 1. The SMILES string of the molecule is CCCCC(N)C1(OC(C)=O)CCCCC1. The maximum Gasteiger partial charge on any atom is 0.303 e. The molecule has 1 aliphatic carbocycles. The Bertz CT molecular complexity index is 222. The summed E-state index contributed by atoms with van der Waals surface area (Å²) in [5, 5.41) is 0. The Hall–Kier alpha value is -0.570. The van der Waals surface area contributed by atoms with Gasteiger partial charge < -0.3 is 10.5 Å². The molecule has 0 saturated heterocycles. The van der Waals surface area contributed by atoms with Crippen LogP contribution in [-0.2, 0) is 9.53 Å². The Balaban J connectivity index is 2.64. The minimum Gasteiger partial charge on any atom is -0.458 e. The van der Waals surface area contributed by atoms with Gasteiger partial charge in [-0.15, -0.1) is 0 Å². The van der Waals surface area contributed by atoms with Crippen molar-refractivity contribution in [3.63, 3.8) is 0 Å². The van der Waals surface area contributed by atoms with E-state index >= 15 is 0 Å². The standard InChI is InChI=1S/C13H25NO2/c1-3-4-8-12(14)13(16-11(2)15)9-6-5-7-10-13/h12H,3-10,14H2,1-2H3. The molecule has 16 heavy (non-hydrogen) atoms. The van der Waals surface area contributed by atoms with Gasteiger partial charge in [0, 0.05) is 13.0 Å². The summed E-state index contributed by atoms with van der Waals surface area (Å²) >= 11 is 0. The van der Waals surface area contributed by atoms with Gasteiger partial charge in [-0.25, -0.2) is 0 Å². The van der Waals surface area contributed by atoms with E-state index in [9.17, 15) is 4.79 Å². The zero-order chi connectivity index (χ0) is 12.0. The normalized spacial score (nSPS) is 21.4. The van der Waals surface area contributed by atoms with E-state index in [1.165, 1.54) is 13.3 Å². The summed E-state index contributed by atoms with van der Waals surface area (Å²) < 4.78 is 5.57. The number of unbranched alkanes of at least 4 members (excludes halogenated alkanes) is 1. The van der Waals surface area contributed by atoms with Gasteiger partial charge in [-0.05, 0) is 32.1 Å². The fourth-order valence-electron chi connectivity index (χ4n) is 2.67. The van der Waals surface area contributed by atoms with E-state index < -0.39 is 0 Å². The van der Waals surface area contributed by atoms with Gasteiger partial charge in [0.15, 0.2) is 0 Å². The Labute approximate surface area is 98.7 Å². The highest BCUT2D eigenvalue weighted by molar-refractivity contribution is 5.66. The van der Waals surface area contributed by atoms with E-state index in [-0.39, 0.29) is 17.6 Å². The van der Waals surface area contributed by atoms with Crippen LogP contribution in [0, 0.1) is 0 Å². The van der Waals surface area contributed by atoms with Crippen molar-refractivity contribution in [2.45, 2.75) is 76.9 Å². The van der Waals surface area contributed by atoms with Crippen LogP contribution in [-0.4, -0.2) is 17.6 Å². The van der Waals surface area contributed by atoms with Gasteiger partial charge in [-0.2, -0.15) is 0 Å². The minimum atomic E-state index is -0.362. The number of hydrogen-bond acceptors (Lipinski definition) is 3. The summed E-state index contributed by atoms with van der Waals surface area (Å²) in [4.78, 5) is 11.2. The molecular formula is C13H25NO2. The average Bonchev–Trinajstić information content (AvgIpc) is 2.26. The van der Waals surface area contributed by atoms with E-state index in [2.05, 4.69) is 6.92 Å². The Morgan fingerprint density at radius 2 is 2.00 bits per heavy atom. The van der Waals surface area contributed by atoms with Crippen LogP contribution in [0.15, 0.2) is 0 Å². The molecule has 1 rings (SSSR count). The fourth-order valence-corrected chi connectivity index (χ4v) is 2.67. The van der Waals surface area contributed by atoms with Gasteiger partial charge in [0.25, 0.3) is 0 Å². The van der Waals surface area contributed by atoms with Crippen LogP contribution in [0.1, 0.15) is 65.2 Å². The molecule has 1 unspecified atom stereocenters. The Morgan fingerprint density at radius 3 is 2.50 bits per heavy atom. The summed E-state index contributed by atoms with van der Waals surface area (Å²) in [6.07, 6.45) is 8.61. The first kappa shape index (κ1) is 13.5. The van der Waals surface area contributed by atoms with Crippen molar-refractivity contribution in [1.29, 1.82) is 0 Å². The maximum atomic E-state index is 11.2. The van der Waals surface area contributed by atoms with Crippen molar-refractivity contribution < 1.29 is 9.53 Å². The molecule has 0 aromatic rings. The Kier molecular flexibility index (Phi) is 5.26. The van der Waals surface area contributed by atoms with Crippen LogP contribution >= 0.6 is 0 Å². The first-order valence-corrected chi connectivity index (χ1v) is 6.56. The van der Waals surface area contributed by atoms with Crippen LogP contribution < -0.4 is 5.73 Å². The first-order chi connectivity index (χ1) is 7.60. The molecule has 3 nitrogen and oxygen atoms in total. The second-order valence-electron chi connectivity index (χ2n) is 4.97. The largest absolute Gasteiger partial charge is 0.458 e. The first-order valence-electron chi connectivity index (χ1n) is 6.56. The molecule has 0 spiro atoms. The van der Waals surface area contributed by atoms with E-state index in [1.807, 2.05) is 0 Å². The van der Waals surface area contributed by atoms with Gasteiger partial charge in [-0.1, -0.05) is 26.2 Å². The molecule has 0 aliphatic heterocycles. The molecule has 0 aromatic heterocycles. The number of esters is 1. The quantitative estimate of drug-likeness (QED) is 0.735. The van der Waals surface area contributed by atoms with Crippen LogP contribution in [0.4, 0.5) is 0 Å². The summed E-state index contributed by atoms with van der Waals surface area (Å²) in [5.41, 5.74) is 5.88. The van der Waals surface area contributed by atoms with Crippen molar-refractivity contribution in [2.75, 3.05) is 0 Å². The van der Waals surface area contributed by atoms with Crippen LogP contribution in [0.5, 0.6) is 0 Å². The zero-order valence-electron chi connectivity index (χ0n) is 10.6. The molecule has 94 valence electrons. The van der Waals surface area contributed by atoms with E-state index in [1.54, 1.807) is 0 Å². The topological polar surface area (TPSA) is 52.3 Å². The second kappa shape index (κ2) is 6.24. The molecule has 3 heteroatoms. The molecule has 0 aromatic carbocycles. The molecule has 0 bridgehead atoms. The van der Waals surface area contributed by atoms with Crippen molar-refractivity contribution >= 4 is 5.97 Å². The monoisotopic (exact) mass is 227 g/mol. The van der Waals surface area contributed by atoms with E-state index in [0.29, 0.717) is 0 Å². The zero-order valence-corrected chi connectivity index (χ0v) is 10.6. The maximum absolute atomic E-state index is 11.2. The highest BCUT2D eigenvalue weighted by atomic mass is 16.6. The van der Waals surface area contributed by atoms with Gasteiger partial charge in [0.05, 0.1) is 0 Å². The van der Waals surface area contributed by atoms with Gasteiger partial charge in [0.2, 0.25) is 0 Å². The van der Waals surface area contributed by atoms with Crippen molar-refractivity contribution in [2.24, 2.45) is 5.73 Å². The smallest absolute Gasteiger partial charge is 0.303 e. The third-order valence-corrected chi connectivity index (χ3v) is 3.59. The van der Waals surface area contributed by atoms with Gasteiger partial charge >= 0.3 is 5.97 Å². The van der Waals surface area contributed by atoms with E-state index in [0.717, 1.165) is 44.9 Å². The summed E-state index contributed by atoms with van der Waals surface area (Å²) in [5.74, 6) is -0.186. The van der Waals surface area contributed by atoms with Crippen LogP contribution in [0.25, 0.3) is 0 Å². The summed E-state index contributed by atoms with van der Waals surface area (Å²) in [6, 6.07) is 0.0108. The summed E-state index contributed by atoms with van der Waals surface area (Å²) in [6.45, 7) is 3.65. The van der Waals surface area contributed by atoms with Crippen LogP contribution in [0.3, 0.4) is 0 Å². The number of nitrogens with two attached hydrogens (primary N) is 1. The lowest BCUT2D eigenvalue weighted by Gasteiger charge is -2.41. The summed E-state index contributed by atoms with van der Waals surface area (Å²) in [7, 11) is 0. The fraction of sp³-hybridized carbons (Fsp3) is 0.923. The highest BCUT2D eigenvalue weighted by Crippen LogP contribution is 2.35. The van der Waals surface area contributed by atoms with Gasteiger partial charge in [-0.3, -0.25) is 4.79 Å². The predicted octanol–water partition coefficient (Wildman–Crippen LogP) is 2.77. The van der Waals surface area contributed by atoms with Crippen molar-refractivity contribution in [3.8, 4) is 0 Å². The van der Waals surface area contributed by atoms with Gasteiger partial charge in [0.1, 0.15) is 5.60 Å². The molecule has 2 N–H and O–H groups in total. The lowest BCUT2D eigenvalue weighted by molar-refractivity contribution is -0.163. The molecule has 0 amide bonds. The molecule has 1 aliphatic rings. The molecular weight excluding hydrogens is 202 g/mol. The number of carbonyl (C=O) groups is 1. The van der Waals surface area contributed by atoms with E-state index in [4.69, 9.17) is 10.5 Å². The lowest BCUT2D eigenvalue weighted by atomic mass is 9.78. The molecule has 1 atom stereocenters. The lowest BCUT2D eigenvalue weighted by Crippen LogP contribution is -2.52. The number of carbonyl (C=O) groups excluding carboxylic acids is 1. The number of hydrogen-bond donors (Lipinski definition) is 1. The van der Waals surface area contributed by atoms with Crippen molar-refractivity contribution in [1.82, 2.24) is 0 Å². The molecule has 1 saturated carbocycles. The minimum absolute atomic E-state index is 0.0108. The third-order valence-electron chi connectivity index (χ3n) is 3.59. The average molecular weight is 227 g/mol. The molecule has 0 heterocycles. The van der Waals surface area contributed by atoms with Crippen LogP contribution in [0.2, 0.25) is 0 Å². The Morgan fingerprint density at radius 1 is 1.38 bits per heavy atom. The number of rotatable bonds is 5. The third kappa shape index (κ3) is 3.48. The highest BCUT2D eigenvalue weighted by Gasteiger charge is 2.40. The molecule has 1 fully saturated rings. The van der Waals surface area contributed by atoms with Crippen molar-refractivity contribution in [3.05, 3.63) is 0 Å². The predicted molar refractivity (Wildman–Crippen MR) is 65.1 cm³/mol. The second-order valence-corrected chi connectivity index (χ2v) is 4.97.